The Labute approximate surface area is 149 Å². The van der Waals surface area contributed by atoms with Gasteiger partial charge >= 0.3 is 0 Å². The molecule has 1 saturated heterocycles. The molecule has 0 aliphatic carbocycles. The number of fused-ring (bicyclic) bond motifs is 5. The van der Waals surface area contributed by atoms with Gasteiger partial charge < -0.3 is 10.1 Å². The van der Waals surface area contributed by atoms with Crippen molar-refractivity contribution in [3.63, 3.8) is 0 Å². The average molecular weight is 353 g/mol. The zero-order chi connectivity index (χ0) is 13.7. The van der Waals surface area contributed by atoms with Crippen molar-refractivity contribution < 1.29 is 42.2 Å². The first-order valence-electron chi connectivity index (χ1n) is 6.80. The fourth-order valence-electron chi connectivity index (χ4n) is 3.20. The van der Waals surface area contributed by atoms with Crippen molar-refractivity contribution in [3.8, 4) is 11.5 Å². The Bertz CT molecular complexity index is 714. The summed E-state index contributed by atoms with van der Waals surface area (Å²) >= 11 is 0. The third-order valence-electron chi connectivity index (χ3n) is 4.16. The predicted octanol–water partition coefficient (Wildman–Crippen LogP) is 2.90. The number of rotatable bonds is 0. The van der Waals surface area contributed by atoms with Gasteiger partial charge in [0.25, 0.3) is 0 Å². The SMILES string of the molecule is Cc1ccc2c(c1)[C@H]1C(=O)NC[C@@H]1c1c[c-]ccc1O2.[Y]. The van der Waals surface area contributed by atoms with Gasteiger partial charge in [-0.2, -0.15) is 18.2 Å². The molecule has 0 bridgehead atoms. The Kier molecular flexibility index (Phi) is 3.89. The van der Waals surface area contributed by atoms with Gasteiger partial charge in [-0.05, 0) is 18.9 Å². The van der Waals surface area contributed by atoms with Gasteiger partial charge in [0.05, 0.1) is 5.92 Å². The Morgan fingerprint density at radius 2 is 2.05 bits per heavy atom. The van der Waals surface area contributed by atoms with Gasteiger partial charge in [-0.1, -0.05) is 17.7 Å². The molecule has 4 rings (SSSR count). The second-order valence-corrected chi connectivity index (χ2v) is 5.44. The summed E-state index contributed by atoms with van der Waals surface area (Å²) in [5.74, 6) is 1.66. The van der Waals surface area contributed by atoms with Gasteiger partial charge in [0.15, 0.2) is 0 Å². The van der Waals surface area contributed by atoms with E-state index in [1.165, 1.54) is 0 Å². The molecule has 0 spiro atoms. The zero-order valence-corrected chi connectivity index (χ0v) is 14.6. The van der Waals surface area contributed by atoms with Crippen LogP contribution in [0.2, 0.25) is 0 Å². The molecule has 1 radical (unpaired) electrons. The maximum Gasteiger partial charge on any atom is 0.227 e. The van der Waals surface area contributed by atoms with Crippen LogP contribution in [0, 0.1) is 13.0 Å². The number of hydrogen-bond acceptors (Lipinski definition) is 2. The van der Waals surface area contributed by atoms with E-state index in [0.29, 0.717) is 6.54 Å². The fraction of sp³-hybridized carbons (Fsp3) is 0.235. The van der Waals surface area contributed by atoms with Crippen LogP contribution < -0.4 is 10.1 Å². The van der Waals surface area contributed by atoms with E-state index in [1.54, 1.807) is 0 Å². The summed E-state index contributed by atoms with van der Waals surface area (Å²) in [6.07, 6.45) is 0. The molecule has 2 aliphatic rings. The van der Waals surface area contributed by atoms with Crippen molar-refractivity contribution in [2.45, 2.75) is 18.8 Å². The minimum atomic E-state index is -0.165. The summed E-state index contributed by atoms with van der Waals surface area (Å²) < 4.78 is 6.04. The fourth-order valence-corrected chi connectivity index (χ4v) is 3.20. The topological polar surface area (TPSA) is 38.3 Å². The molecule has 3 nitrogen and oxygen atoms in total. The summed E-state index contributed by atoms with van der Waals surface area (Å²) in [5, 5.41) is 2.98. The minimum absolute atomic E-state index is 0. The standard InChI is InChI=1S/C17H14NO2.Y/c1-10-6-7-15-12(8-10)16-13(9-18-17(16)19)11-4-2-3-5-14(11)20-15;/h3-8,13,16H,9H2,1H3,(H,18,19);/q-1;/t13-,16-;/m1./s1. The zero-order valence-electron chi connectivity index (χ0n) is 11.7. The second-order valence-electron chi connectivity index (χ2n) is 5.44. The Morgan fingerprint density at radius 1 is 1.24 bits per heavy atom. The number of amides is 1. The first-order valence-corrected chi connectivity index (χ1v) is 6.80. The molecule has 103 valence electrons. The van der Waals surface area contributed by atoms with Crippen molar-refractivity contribution in [2.24, 2.45) is 0 Å². The minimum Gasteiger partial charge on any atom is -0.482 e. The first-order chi connectivity index (χ1) is 9.74. The second kappa shape index (κ2) is 5.54. The van der Waals surface area contributed by atoms with E-state index in [-0.39, 0.29) is 50.5 Å². The number of carbonyl (C=O) groups excluding carboxylic acids is 1. The van der Waals surface area contributed by atoms with Crippen LogP contribution in [0.3, 0.4) is 0 Å². The van der Waals surface area contributed by atoms with E-state index in [0.717, 1.165) is 28.2 Å². The van der Waals surface area contributed by atoms with Crippen molar-refractivity contribution in [1.82, 2.24) is 5.32 Å². The number of benzene rings is 2. The third-order valence-corrected chi connectivity index (χ3v) is 4.16. The van der Waals surface area contributed by atoms with Crippen LogP contribution in [0.5, 0.6) is 11.5 Å². The van der Waals surface area contributed by atoms with Crippen molar-refractivity contribution in [3.05, 3.63) is 59.2 Å². The van der Waals surface area contributed by atoms with Crippen LogP contribution in [0.25, 0.3) is 0 Å². The molecule has 0 aromatic heterocycles. The summed E-state index contributed by atoms with van der Waals surface area (Å²) in [4.78, 5) is 12.3. The van der Waals surface area contributed by atoms with E-state index < -0.39 is 0 Å². The van der Waals surface area contributed by atoms with E-state index in [9.17, 15) is 4.79 Å². The molecular weight excluding hydrogens is 339 g/mol. The maximum atomic E-state index is 12.3. The maximum absolute atomic E-state index is 12.3. The summed E-state index contributed by atoms with van der Waals surface area (Å²) in [7, 11) is 0. The van der Waals surface area contributed by atoms with E-state index in [2.05, 4.69) is 17.4 Å². The number of aryl methyl sites for hydroxylation is 1. The van der Waals surface area contributed by atoms with E-state index in [1.807, 2.05) is 37.3 Å². The van der Waals surface area contributed by atoms with Gasteiger partial charge in [0, 0.05) is 50.6 Å². The van der Waals surface area contributed by atoms with Crippen LogP contribution in [-0.4, -0.2) is 12.5 Å². The molecule has 2 aromatic carbocycles. The molecule has 1 amide bonds. The van der Waals surface area contributed by atoms with Gasteiger partial charge in [0.1, 0.15) is 5.75 Å². The van der Waals surface area contributed by atoms with Crippen LogP contribution >= 0.6 is 0 Å². The smallest absolute Gasteiger partial charge is 0.227 e. The number of ether oxygens (including phenoxy) is 1. The van der Waals surface area contributed by atoms with Crippen molar-refractivity contribution in [2.75, 3.05) is 6.54 Å². The Morgan fingerprint density at radius 3 is 2.90 bits per heavy atom. The number of nitrogens with one attached hydrogen (secondary N) is 1. The summed E-state index contributed by atoms with van der Waals surface area (Å²) in [6.45, 7) is 2.69. The Balaban J connectivity index is 0.00000132. The number of carbonyl (C=O) groups is 1. The molecule has 2 atom stereocenters. The normalized spacial score (nSPS) is 21.9. The van der Waals surface area contributed by atoms with Crippen LogP contribution in [0.15, 0.2) is 36.4 Å². The van der Waals surface area contributed by atoms with Crippen molar-refractivity contribution in [1.29, 1.82) is 0 Å². The number of hydrogen-bond donors (Lipinski definition) is 1. The van der Waals surface area contributed by atoms with E-state index in [4.69, 9.17) is 4.74 Å². The van der Waals surface area contributed by atoms with E-state index >= 15 is 0 Å². The van der Waals surface area contributed by atoms with Gasteiger partial charge in [-0.15, -0.1) is 11.6 Å². The first kappa shape index (κ1) is 14.7. The van der Waals surface area contributed by atoms with Gasteiger partial charge in [-0.3, -0.25) is 4.79 Å². The summed E-state index contributed by atoms with van der Waals surface area (Å²) in [5.41, 5.74) is 3.19. The molecule has 2 heterocycles. The molecule has 2 aromatic rings. The largest absolute Gasteiger partial charge is 0.482 e. The quantitative estimate of drug-likeness (QED) is 0.740. The van der Waals surface area contributed by atoms with Crippen LogP contribution in [-0.2, 0) is 37.5 Å². The van der Waals surface area contributed by atoms with Gasteiger partial charge in [-0.25, -0.2) is 0 Å². The molecular formula is C17H14NO2Y-. The average Bonchev–Trinajstić information content (AvgIpc) is 2.76. The molecule has 21 heavy (non-hydrogen) atoms. The molecule has 2 aliphatic heterocycles. The monoisotopic (exact) mass is 353 g/mol. The Hall–Kier alpha value is -1.19. The molecule has 0 saturated carbocycles. The van der Waals surface area contributed by atoms with Crippen LogP contribution in [0.1, 0.15) is 28.5 Å². The molecule has 1 fully saturated rings. The predicted molar refractivity (Wildman–Crippen MR) is 75.0 cm³/mol. The molecule has 0 unspecified atom stereocenters. The summed E-state index contributed by atoms with van der Waals surface area (Å²) in [6, 6.07) is 14.8. The van der Waals surface area contributed by atoms with Gasteiger partial charge in [0.2, 0.25) is 5.91 Å². The van der Waals surface area contributed by atoms with Crippen molar-refractivity contribution >= 4 is 5.91 Å². The molecule has 4 heteroatoms. The third kappa shape index (κ3) is 2.33. The molecule has 1 N–H and O–H groups in total. The van der Waals surface area contributed by atoms with Crippen LogP contribution in [0.4, 0.5) is 0 Å².